The molecule has 2 heterocycles. The van der Waals surface area contributed by atoms with Gasteiger partial charge in [0, 0.05) is 79.2 Å². The molecule has 6 aliphatic rings. The molecule has 0 radical (unpaired) electrons. The van der Waals surface area contributed by atoms with Crippen molar-refractivity contribution in [2.75, 3.05) is 26.2 Å². The van der Waals surface area contributed by atoms with Crippen molar-refractivity contribution in [1.29, 1.82) is 0 Å². The largest absolute Gasteiger partial charge is 0.353 e. The molecule has 4 N–H and O–H groups in total. The molecule has 0 unspecified atom stereocenters. The molecule has 4 saturated carbocycles. The van der Waals surface area contributed by atoms with Gasteiger partial charge in [0.25, 0.3) is 11.8 Å². The first-order valence-corrected chi connectivity index (χ1v) is 24.7. The van der Waals surface area contributed by atoms with E-state index in [9.17, 15) is 28.8 Å². The lowest BCUT2D eigenvalue weighted by atomic mass is 9.94. The van der Waals surface area contributed by atoms with Crippen LogP contribution in [0.5, 0.6) is 0 Å². The standard InChI is InChI=1S/C57H58N6O6/c1-33-25-48(33)58-52(64)44-29-62(30-45(44)53(65)59-49-26-41(49)36-11-5-2-6-12-36)56(68)39-21-17-34(18-22-39)35-19-23-40(24-20-35)57(69)63-31-46(54(66)60-50-27-42(50)37-13-7-3-8-14-37)47(32-63)55(67)61-51-28-43(51)38-15-9-4-10-16-38/h2-24,33,41-51H,25-32H2,1H3,(H,58,64)(H,59,65)(H,60,66)(H,61,67)/t33-,41+,42+,43+,44+,45+,46+,47+,48-,49-,50-,51-/m0/s1. The molecule has 2 saturated heterocycles. The van der Waals surface area contributed by atoms with E-state index in [1.165, 1.54) is 16.7 Å². The average molecular weight is 923 g/mol. The number of rotatable bonds is 14. The summed E-state index contributed by atoms with van der Waals surface area (Å²) in [4.78, 5) is 86.6. The fourth-order valence-corrected chi connectivity index (χ4v) is 10.9. The van der Waals surface area contributed by atoms with Crippen LogP contribution in [-0.2, 0) is 19.2 Å². The van der Waals surface area contributed by atoms with Crippen LogP contribution in [0.2, 0.25) is 0 Å². The highest BCUT2D eigenvalue weighted by atomic mass is 16.2. The van der Waals surface area contributed by atoms with Gasteiger partial charge in [-0.3, -0.25) is 28.8 Å². The first kappa shape index (κ1) is 44.4. The molecule has 2 aliphatic heterocycles. The van der Waals surface area contributed by atoms with Crippen molar-refractivity contribution < 1.29 is 28.8 Å². The molecule has 0 aromatic heterocycles. The van der Waals surface area contributed by atoms with Gasteiger partial charge in [-0.15, -0.1) is 0 Å². The maximum atomic E-state index is 14.1. The summed E-state index contributed by atoms with van der Waals surface area (Å²) < 4.78 is 0. The van der Waals surface area contributed by atoms with Crippen molar-refractivity contribution in [1.82, 2.24) is 31.1 Å². The van der Waals surface area contributed by atoms with Gasteiger partial charge in [-0.25, -0.2) is 0 Å². The quantitative estimate of drug-likeness (QED) is 0.103. The number of carbonyl (C=O) groups excluding carboxylic acids is 6. The lowest BCUT2D eigenvalue weighted by molar-refractivity contribution is -0.133. The molecule has 11 rings (SSSR count). The number of amides is 6. The topological polar surface area (TPSA) is 157 Å². The first-order chi connectivity index (χ1) is 33.6. The SMILES string of the molecule is C[C@H]1C[C@@H]1NC(=O)[C@@H]1CN(C(=O)c2ccc(-c3ccc(C(=O)N4C[C@@H](C(=O)N[C@H]5C[C@@H]5c5ccccc5)[C@H](C(=O)N[C@H]5C[C@@H]5c5ccccc5)C4)cc3)cc2)C[C@H]1C(=O)N[C@H]1C[C@@H]1c1ccccc1. The Labute approximate surface area is 402 Å². The van der Waals surface area contributed by atoms with Gasteiger partial charge in [0.1, 0.15) is 0 Å². The van der Waals surface area contributed by atoms with E-state index in [-0.39, 0.29) is 104 Å². The molecule has 6 amide bonds. The second-order valence-corrected chi connectivity index (χ2v) is 20.4. The van der Waals surface area contributed by atoms with E-state index in [0.29, 0.717) is 17.0 Å². The summed E-state index contributed by atoms with van der Waals surface area (Å²) >= 11 is 0. The van der Waals surface area contributed by atoms with Gasteiger partial charge in [0.2, 0.25) is 23.6 Å². The van der Waals surface area contributed by atoms with E-state index in [0.717, 1.165) is 36.8 Å². The highest BCUT2D eigenvalue weighted by molar-refractivity contribution is 5.99. The van der Waals surface area contributed by atoms with E-state index < -0.39 is 23.7 Å². The Hall–Kier alpha value is -7.08. The zero-order chi connectivity index (χ0) is 47.3. The molecule has 0 bridgehead atoms. The fraction of sp³-hybridized carbons (Fsp3) is 0.368. The molecule has 352 valence electrons. The summed E-state index contributed by atoms with van der Waals surface area (Å²) in [6, 6.07) is 44.9. The molecule has 4 aliphatic carbocycles. The van der Waals surface area contributed by atoms with Crippen LogP contribution >= 0.6 is 0 Å². The summed E-state index contributed by atoms with van der Waals surface area (Å²) in [5, 5.41) is 12.7. The lowest BCUT2D eigenvalue weighted by Gasteiger charge is -2.18. The van der Waals surface area contributed by atoms with Crippen LogP contribution in [0.25, 0.3) is 11.1 Å². The molecule has 5 aromatic rings. The van der Waals surface area contributed by atoms with E-state index in [2.05, 4.69) is 64.6 Å². The number of hydrogen-bond donors (Lipinski definition) is 4. The molecule has 12 nitrogen and oxygen atoms in total. The summed E-state index contributed by atoms with van der Waals surface area (Å²) in [6.07, 6.45) is 3.44. The second kappa shape index (κ2) is 18.4. The Bertz CT molecular complexity index is 2680. The third-order valence-corrected chi connectivity index (χ3v) is 15.6. The molecular formula is C57H58N6O6. The van der Waals surface area contributed by atoms with Crippen LogP contribution in [0.1, 0.15) is 87.8 Å². The Morgan fingerprint density at radius 3 is 0.928 bits per heavy atom. The smallest absolute Gasteiger partial charge is 0.253 e. The molecule has 5 aromatic carbocycles. The molecular weight excluding hydrogens is 865 g/mol. The van der Waals surface area contributed by atoms with E-state index >= 15 is 0 Å². The monoisotopic (exact) mass is 922 g/mol. The van der Waals surface area contributed by atoms with Gasteiger partial charge in [-0.05, 0) is 83.7 Å². The Balaban J connectivity index is 0.732. The lowest BCUT2D eigenvalue weighted by Crippen LogP contribution is -2.43. The molecule has 6 fully saturated rings. The molecule has 12 heteroatoms. The minimum atomic E-state index is -0.686. The number of hydrogen-bond acceptors (Lipinski definition) is 6. The summed E-state index contributed by atoms with van der Waals surface area (Å²) in [5.74, 6) is -2.81. The predicted molar refractivity (Wildman–Crippen MR) is 261 cm³/mol. The highest BCUT2D eigenvalue weighted by Gasteiger charge is 2.50. The van der Waals surface area contributed by atoms with E-state index in [1.54, 1.807) is 34.1 Å². The normalized spacial score (nSPS) is 29.3. The average Bonchev–Trinajstić information content (AvgIpc) is 4.34. The second-order valence-electron chi connectivity index (χ2n) is 20.4. The molecule has 69 heavy (non-hydrogen) atoms. The highest BCUT2D eigenvalue weighted by Crippen LogP contribution is 2.44. The molecule has 0 spiro atoms. The van der Waals surface area contributed by atoms with Crippen molar-refractivity contribution in [2.45, 2.75) is 74.5 Å². The van der Waals surface area contributed by atoms with E-state index in [1.807, 2.05) is 78.9 Å². The van der Waals surface area contributed by atoms with Crippen molar-refractivity contribution in [3.63, 3.8) is 0 Å². The third kappa shape index (κ3) is 9.54. The van der Waals surface area contributed by atoms with Crippen molar-refractivity contribution in [3.8, 4) is 11.1 Å². The van der Waals surface area contributed by atoms with E-state index in [4.69, 9.17) is 0 Å². The minimum Gasteiger partial charge on any atom is -0.353 e. The van der Waals surface area contributed by atoms with Crippen LogP contribution in [0, 0.1) is 29.6 Å². The Kier molecular flexibility index (Phi) is 11.9. The summed E-state index contributed by atoms with van der Waals surface area (Å²) in [7, 11) is 0. The number of likely N-dealkylation sites (tertiary alicyclic amines) is 2. The van der Waals surface area contributed by atoms with Gasteiger partial charge in [0.05, 0.1) is 23.7 Å². The van der Waals surface area contributed by atoms with Gasteiger partial charge >= 0.3 is 0 Å². The van der Waals surface area contributed by atoms with Crippen molar-refractivity contribution in [3.05, 3.63) is 167 Å². The fourth-order valence-electron chi connectivity index (χ4n) is 10.9. The summed E-state index contributed by atoms with van der Waals surface area (Å²) in [6.45, 7) is 2.68. The van der Waals surface area contributed by atoms with Crippen LogP contribution < -0.4 is 21.3 Å². The Morgan fingerprint density at radius 2 is 0.652 bits per heavy atom. The predicted octanol–water partition coefficient (Wildman–Crippen LogP) is 6.27. The van der Waals surface area contributed by atoms with Gasteiger partial charge < -0.3 is 31.1 Å². The maximum absolute atomic E-state index is 14.1. The van der Waals surface area contributed by atoms with Crippen LogP contribution in [-0.4, -0.2) is 95.6 Å². The zero-order valence-corrected chi connectivity index (χ0v) is 38.7. The number of nitrogens with one attached hydrogen (secondary N) is 4. The number of carbonyl (C=O) groups is 6. The van der Waals surface area contributed by atoms with Gasteiger partial charge in [0.15, 0.2) is 0 Å². The van der Waals surface area contributed by atoms with Crippen molar-refractivity contribution in [2.24, 2.45) is 29.6 Å². The van der Waals surface area contributed by atoms with Gasteiger partial charge in [-0.1, -0.05) is 122 Å². The Morgan fingerprint density at radius 1 is 0.377 bits per heavy atom. The molecule has 12 atom stereocenters. The van der Waals surface area contributed by atoms with Crippen LogP contribution in [0.3, 0.4) is 0 Å². The maximum Gasteiger partial charge on any atom is 0.253 e. The third-order valence-electron chi connectivity index (χ3n) is 15.6. The number of nitrogens with zero attached hydrogens (tertiary/aromatic N) is 2. The zero-order valence-electron chi connectivity index (χ0n) is 38.7. The first-order valence-electron chi connectivity index (χ1n) is 24.7. The van der Waals surface area contributed by atoms with Gasteiger partial charge in [-0.2, -0.15) is 0 Å². The minimum absolute atomic E-state index is 0.00745. The number of benzene rings is 5. The van der Waals surface area contributed by atoms with Crippen LogP contribution in [0.4, 0.5) is 0 Å². The van der Waals surface area contributed by atoms with Crippen LogP contribution in [0.15, 0.2) is 140 Å². The van der Waals surface area contributed by atoms with Crippen molar-refractivity contribution >= 4 is 35.4 Å². The summed E-state index contributed by atoms with van der Waals surface area (Å²) in [5.41, 5.74) is 6.12.